The number of unbranched alkanes of at least 4 members (excludes halogenated alkanes) is 2. The third kappa shape index (κ3) is 3.86. The first-order valence-electron chi connectivity index (χ1n) is 11.3. The summed E-state index contributed by atoms with van der Waals surface area (Å²) in [5.41, 5.74) is 3.60. The molecule has 1 aromatic heterocycles. The lowest BCUT2D eigenvalue weighted by Crippen LogP contribution is -2.30. The fourth-order valence-corrected chi connectivity index (χ4v) is 4.58. The number of benzene rings is 2. The minimum Gasteiger partial charge on any atom is -0.450 e. The molecule has 0 aliphatic carbocycles. The molecule has 1 aliphatic rings. The standard InChI is InChI=1S/C27H30ClNO3/c1-6-7-8-13-29-23(17-9-11-18(12-10-17)27(3,4)5)22-24(30)19-15-20(28)16(2)14-21(19)32-25(22)26(29)31/h9-12,14-15,23H,6-8,13H2,1-5H3. The summed E-state index contributed by atoms with van der Waals surface area (Å²) in [7, 11) is 0. The second-order valence-corrected chi connectivity index (χ2v) is 10.2. The van der Waals surface area contributed by atoms with Gasteiger partial charge in [-0.15, -0.1) is 0 Å². The molecule has 5 heteroatoms. The summed E-state index contributed by atoms with van der Waals surface area (Å²) >= 11 is 6.31. The van der Waals surface area contributed by atoms with Crippen molar-refractivity contribution < 1.29 is 9.21 Å². The number of hydrogen-bond acceptors (Lipinski definition) is 3. The van der Waals surface area contributed by atoms with Crippen LogP contribution >= 0.6 is 11.6 Å². The first-order chi connectivity index (χ1) is 15.1. The Morgan fingerprint density at radius 1 is 1.06 bits per heavy atom. The average molecular weight is 452 g/mol. The van der Waals surface area contributed by atoms with Crippen molar-refractivity contribution in [2.75, 3.05) is 6.54 Å². The fourth-order valence-electron chi connectivity index (χ4n) is 4.42. The van der Waals surface area contributed by atoms with Crippen LogP contribution in [0.25, 0.3) is 11.0 Å². The maximum absolute atomic E-state index is 13.6. The molecule has 0 fully saturated rings. The topological polar surface area (TPSA) is 50.5 Å². The maximum atomic E-state index is 13.6. The smallest absolute Gasteiger partial charge is 0.290 e. The molecule has 168 valence electrons. The summed E-state index contributed by atoms with van der Waals surface area (Å²) < 4.78 is 6.05. The lowest BCUT2D eigenvalue weighted by atomic mass is 9.86. The zero-order valence-corrected chi connectivity index (χ0v) is 20.2. The summed E-state index contributed by atoms with van der Waals surface area (Å²) in [6.45, 7) is 11.1. The van der Waals surface area contributed by atoms with E-state index in [4.69, 9.17) is 16.0 Å². The second-order valence-electron chi connectivity index (χ2n) is 9.75. The fraction of sp³-hybridized carbons (Fsp3) is 0.407. The van der Waals surface area contributed by atoms with Gasteiger partial charge < -0.3 is 9.32 Å². The van der Waals surface area contributed by atoms with Crippen molar-refractivity contribution in [1.29, 1.82) is 0 Å². The van der Waals surface area contributed by atoms with Crippen LogP contribution < -0.4 is 5.43 Å². The number of aryl methyl sites for hydroxylation is 1. The normalized spacial score (nSPS) is 16.1. The van der Waals surface area contributed by atoms with Gasteiger partial charge in [0.15, 0.2) is 5.43 Å². The van der Waals surface area contributed by atoms with E-state index in [0.29, 0.717) is 28.1 Å². The number of nitrogens with zero attached hydrogens (tertiary/aromatic N) is 1. The highest BCUT2D eigenvalue weighted by atomic mass is 35.5. The van der Waals surface area contributed by atoms with E-state index in [2.05, 4.69) is 39.8 Å². The second kappa shape index (κ2) is 8.40. The molecule has 0 bridgehead atoms. The molecule has 0 spiro atoms. The zero-order chi connectivity index (χ0) is 23.2. The first-order valence-corrected chi connectivity index (χ1v) is 11.7. The first kappa shape index (κ1) is 22.6. The monoisotopic (exact) mass is 451 g/mol. The summed E-state index contributed by atoms with van der Waals surface area (Å²) in [6, 6.07) is 11.2. The molecule has 2 aromatic carbocycles. The third-order valence-electron chi connectivity index (χ3n) is 6.34. The van der Waals surface area contributed by atoms with Gasteiger partial charge in [0.1, 0.15) is 5.58 Å². The van der Waals surface area contributed by atoms with Gasteiger partial charge in [-0.2, -0.15) is 0 Å². The van der Waals surface area contributed by atoms with E-state index < -0.39 is 6.04 Å². The number of amides is 1. The van der Waals surface area contributed by atoms with Crippen molar-refractivity contribution in [2.45, 2.75) is 65.3 Å². The number of fused-ring (bicyclic) bond motifs is 2. The summed E-state index contributed by atoms with van der Waals surface area (Å²) in [5.74, 6) is -0.0572. The highest BCUT2D eigenvalue weighted by molar-refractivity contribution is 6.32. The van der Waals surface area contributed by atoms with E-state index in [9.17, 15) is 9.59 Å². The van der Waals surface area contributed by atoms with Crippen molar-refractivity contribution in [3.05, 3.63) is 79.7 Å². The Balaban J connectivity index is 1.90. The summed E-state index contributed by atoms with van der Waals surface area (Å²) in [6.07, 6.45) is 2.96. The minimum absolute atomic E-state index is 0.0204. The molecular weight excluding hydrogens is 422 g/mol. The van der Waals surface area contributed by atoms with Gasteiger partial charge in [0, 0.05) is 11.6 Å². The minimum atomic E-state index is -0.455. The Bertz CT molecular complexity index is 1230. The Morgan fingerprint density at radius 2 is 1.75 bits per heavy atom. The summed E-state index contributed by atoms with van der Waals surface area (Å²) in [4.78, 5) is 28.8. The molecule has 2 heterocycles. The quantitative estimate of drug-likeness (QED) is 0.401. The van der Waals surface area contributed by atoms with Crippen LogP contribution in [0.5, 0.6) is 0 Å². The number of halogens is 1. The van der Waals surface area contributed by atoms with Gasteiger partial charge in [-0.3, -0.25) is 9.59 Å². The van der Waals surface area contributed by atoms with Crippen LogP contribution in [0.1, 0.15) is 85.8 Å². The van der Waals surface area contributed by atoms with Gasteiger partial charge in [0.25, 0.3) is 5.91 Å². The Labute approximate surface area is 194 Å². The number of hydrogen-bond donors (Lipinski definition) is 0. The van der Waals surface area contributed by atoms with Crippen molar-refractivity contribution >= 4 is 28.5 Å². The highest BCUT2D eigenvalue weighted by Crippen LogP contribution is 2.39. The molecule has 4 rings (SSSR count). The van der Waals surface area contributed by atoms with Gasteiger partial charge in [0.2, 0.25) is 5.76 Å². The zero-order valence-electron chi connectivity index (χ0n) is 19.4. The van der Waals surface area contributed by atoms with E-state index >= 15 is 0 Å². The highest BCUT2D eigenvalue weighted by Gasteiger charge is 2.42. The molecule has 1 amide bonds. The van der Waals surface area contributed by atoms with Crippen molar-refractivity contribution in [2.24, 2.45) is 0 Å². The molecule has 0 saturated carbocycles. The molecule has 32 heavy (non-hydrogen) atoms. The number of carbonyl (C=O) groups is 1. The molecule has 1 aliphatic heterocycles. The number of rotatable bonds is 5. The van der Waals surface area contributed by atoms with Crippen LogP contribution in [-0.4, -0.2) is 17.4 Å². The van der Waals surface area contributed by atoms with E-state index in [-0.39, 0.29) is 22.5 Å². The van der Waals surface area contributed by atoms with Crippen LogP contribution in [0, 0.1) is 6.92 Å². The lowest BCUT2D eigenvalue weighted by Gasteiger charge is -2.26. The van der Waals surface area contributed by atoms with Gasteiger partial charge in [-0.05, 0) is 47.6 Å². The molecule has 1 unspecified atom stereocenters. The van der Waals surface area contributed by atoms with Crippen LogP contribution in [0.4, 0.5) is 0 Å². The van der Waals surface area contributed by atoms with Crippen molar-refractivity contribution in [3.63, 3.8) is 0 Å². The number of carbonyl (C=O) groups excluding carboxylic acids is 1. The van der Waals surface area contributed by atoms with E-state index in [0.717, 1.165) is 30.4 Å². The van der Waals surface area contributed by atoms with Crippen LogP contribution in [-0.2, 0) is 5.41 Å². The molecule has 0 radical (unpaired) electrons. The van der Waals surface area contributed by atoms with Crippen molar-refractivity contribution in [3.8, 4) is 0 Å². The van der Waals surface area contributed by atoms with E-state index in [1.54, 1.807) is 17.0 Å². The molecular formula is C27H30ClNO3. The predicted molar refractivity (Wildman–Crippen MR) is 130 cm³/mol. The largest absolute Gasteiger partial charge is 0.450 e. The van der Waals surface area contributed by atoms with Crippen molar-refractivity contribution in [1.82, 2.24) is 4.90 Å². The summed E-state index contributed by atoms with van der Waals surface area (Å²) in [5, 5.41) is 0.929. The Morgan fingerprint density at radius 3 is 2.38 bits per heavy atom. The van der Waals surface area contributed by atoms with Gasteiger partial charge in [0.05, 0.1) is 17.0 Å². The van der Waals surface area contributed by atoms with Gasteiger partial charge in [-0.1, -0.05) is 76.4 Å². The average Bonchev–Trinajstić information content (AvgIpc) is 3.02. The Hall–Kier alpha value is -2.59. The van der Waals surface area contributed by atoms with E-state index in [1.165, 1.54) is 5.56 Å². The lowest BCUT2D eigenvalue weighted by molar-refractivity contribution is 0.0724. The van der Waals surface area contributed by atoms with E-state index in [1.807, 2.05) is 19.1 Å². The molecule has 0 N–H and O–H groups in total. The predicted octanol–water partition coefficient (Wildman–Crippen LogP) is 6.79. The molecule has 3 aromatic rings. The molecule has 4 nitrogen and oxygen atoms in total. The molecule has 1 atom stereocenters. The van der Waals surface area contributed by atoms with Crippen LogP contribution in [0.3, 0.4) is 0 Å². The third-order valence-corrected chi connectivity index (χ3v) is 6.75. The molecule has 0 saturated heterocycles. The van der Waals surface area contributed by atoms with Crippen LogP contribution in [0.2, 0.25) is 5.02 Å². The van der Waals surface area contributed by atoms with Gasteiger partial charge >= 0.3 is 0 Å². The van der Waals surface area contributed by atoms with Gasteiger partial charge in [-0.25, -0.2) is 0 Å². The SMILES string of the molecule is CCCCCN1C(=O)c2oc3cc(C)c(Cl)cc3c(=O)c2C1c1ccc(C(C)(C)C)cc1. The Kier molecular flexibility index (Phi) is 5.93. The maximum Gasteiger partial charge on any atom is 0.290 e. The van der Waals surface area contributed by atoms with Crippen LogP contribution in [0.15, 0.2) is 45.6 Å².